The monoisotopic (exact) mass is 411 g/mol. The van der Waals surface area contributed by atoms with Crippen LogP contribution < -0.4 is 5.32 Å². The molecule has 6 nitrogen and oxygen atoms in total. The van der Waals surface area contributed by atoms with E-state index in [-0.39, 0.29) is 13.0 Å². The molecule has 0 saturated heterocycles. The van der Waals surface area contributed by atoms with E-state index in [2.05, 4.69) is 17.4 Å². The molecule has 0 aromatic heterocycles. The molecule has 0 bridgehead atoms. The van der Waals surface area contributed by atoms with Gasteiger partial charge in [0.25, 0.3) is 0 Å². The number of hydrogen-bond acceptors (Lipinski definition) is 5. The second-order valence-electron chi connectivity index (χ2n) is 7.94. The summed E-state index contributed by atoms with van der Waals surface area (Å²) in [5.74, 6) is -0.719. The number of alkyl carbamates (subject to hydrolysis) is 1. The van der Waals surface area contributed by atoms with Gasteiger partial charge in [0.2, 0.25) is 0 Å². The molecule has 2 aromatic rings. The number of aliphatic hydroxyl groups excluding tert-OH is 1. The predicted molar refractivity (Wildman–Crippen MR) is 114 cm³/mol. The van der Waals surface area contributed by atoms with Crippen molar-refractivity contribution in [2.75, 3.05) is 6.61 Å². The highest BCUT2D eigenvalue weighted by molar-refractivity contribution is 5.74. The average Bonchev–Trinajstić information content (AvgIpc) is 2.68. The van der Waals surface area contributed by atoms with Crippen molar-refractivity contribution in [1.82, 2.24) is 5.32 Å². The molecular formula is C24H29NO5. The first-order chi connectivity index (χ1) is 14.2. The molecule has 1 amide bonds. The van der Waals surface area contributed by atoms with E-state index >= 15 is 0 Å². The van der Waals surface area contributed by atoms with Gasteiger partial charge in [0.05, 0.1) is 6.61 Å². The Kier molecular flexibility index (Phi) is 8.25. The zero-order valence-electron chi connectivity index (χ0n) is 17.9. The van der Waals surface area contributed by atoms with Crippen LogP contribution >= 0.6 is 0 Å². The zero-order valence-corrected chi connectivity index (χ0v) is 17.9. The fraction of sp³-hybridized carbons (Fsp3) is 0.417. The molecule has 0 aliphatic carbocycles. The largest absolute Gasteiger partial charge is 0.464 e. The number of aliphatic hydroxyl groups is 1. The van der Waals surface area contributed by atoms with Gasteiger partial charge in [-0.3, -0.25) is 0 Å². The number of ether oxygens (including phenoxy) is 2. The maximum absolute atomic E-state index is 12.2. The summed E-state index contributed by atoms with van der Waals surface area (Å²) in [6.45, 7) is 7.13. The fourth-order valence-electron chi connectivity index (χ4n) is 2.86. The number of rotatable bonds is 8. The number of esters is 1. The molecule has 6 heteroatoms. The Morgan fingerprint density at radius 1 is 1.10 bits per heavy atom. The molecular weight excluding hydrogens is 382 g/mol. The smallest absolute Gasteiger partial charge is 0.407 e. The highest BCUT2D eigenvalue weighted by Crippen LogP contribution is 2.17. The molecule has 0 unspecified atom stereocenters. The summed E-state index contributed by atoms with van der Waals surface area (Å²) >= 11 is 0. The van der Waals surface area contributed by atoms with Crippen molar-refractivity contribution in [3.05, 3.63) is 60.2 Å². The summed E-state index contributed by atoms with van der Waals surface area (Å²) in [4.78, 5) is 24.0. The van der Waals surface area contributed by atoms with Crippen molar-refractivity contribution in [1.29, 1.82) is 0 Å². The van der Waals surface area contributed by atoms with Gasteiger partial charge in [0.15, 0.2) is 6.10 Å². The van der Waals surface area contributed by atoms with Crippen LogP contribution in [0.1, 0.15) is 39.7 Å². The maximum Gasteiger partial charge on any atom is 0.407 e. The SMILES string of the molecule is CCOC(=O)[C@H](O)C[C@@H](Cc1c#cc(-c2ccccc2)cc1)NC(=O)OC(C)(C)C. The Hall–Kier alpha value is -3.04. The Bertz CT molecular complexity index is 812. The fourth-order valence-corrected chi connectivity index (χ4v) is 2.86. The first-order valence-corrected chi connectivity index (χ1v) is 10.0. The summed E-state index contributed by atoms with van der Waals surface area (Å²) < 4.78 is 10.2. The molecule has 2 atom stereocenters. The van der Waals surface area contributed by atoms with Gasteiger partial charge in [-0.2, -0.15) is 0 Å². The highest BCUT2D eigenvalue weighted by atomic mass is 16.6. The lowest BCUT2D eigenvalue weighted by Crippen LogP contribution is -2.43. The zero-order chi connectivity index (χ0) is 22.1. The van der Waals surface area contributed by atoms with Crippen molar-refractivity contribution >= 4 is 12.1 Å². The van der Waals surface area contributed by atoms with Crippen molar-refractivity contribution < 1.29 is 24.2 Å². The second-order valence-corrected chi connectivity index (χ2v) is 7.94. The summed E-state index contributed by atoms with van der Waals surface area (Å²) in [6.07, 6.45) is -1.63. The topological polar surface area (TPSA) is 84.9 Å². The lowest BCUT2D eigenvalue weighted by Gasteiger charge is -2.24. The highest BCUT2D eigenvalue weighted by Gasteiger charge is 2.25. The molecule has 2 rings (SSSR count). The van der Waals surface area contributed by atoms with E-state index in [1.54, 1.807) is 27.7 Å². The number of carbonyl (C=O) groups is 2. The average molecular weight is 411 g/mol. The molecule has 2 aromatic carbocycles. The number of nitrogens with one attached hydrogen (secondary N) is 1. The molecule has 0 aliphatic heterocycles. The number of hydrogen-bond donors (Lipinski definition) is 2. The van der Waals surface area contributed by atoms with Crippen LogP contribution in [-0.4, -0.2) is 41.5 Å². The van der Waals surface area contributed by atoms with Crippen LogP contribution in [0.25, 0.3) is 11.1 Å². The Morgan fingerprint density at radius 3 is 2.37 bits per heavy atom. The van der Waals surface area contributed by atoms with Crippen LogP contribution in [-0.2, 0) is 20.7 Å². The normalized spacial score (nSPS) is 13.0. The lowest BCUT2D eigenvalue weighted by atomic mass is 10.00. The van der Waals surface area contributed by atoms with Crippen LogP contribution in [0.2, 0.25) is 0 Å². The van der Waals surface area contributed by atoms with E-state index in [0.29, 0.717) is 6.42 Å². The Labute approximate surface area is 178 Å². The van der Waals surface area contributed by atoms with Crippen LogP contribution in [0, 0.1) is 12.1 Å². The van der Waals surface area contributed by atoms with Gasteiger partial charge >= 0.3 is 12.1 Å². The van der Waals surface area contributed by atoms with E-state index in [1.807, 2.05) is 42.5 Å². The van der Waals surface area contributed by atoms with Crippen LogP contribution in [0.5, 0.6) is 0 Å². The third-order valence-electron chi connectivity index (χ3n) is 4.15. The van der Waals surface area contributed by atoms with Gasteiger partial charge in [0, 0.05) is 30.0 Å². The maximum atomic E-state index is 12.2. The van der Waals surface area contributed by atoms with E-state index in [4.69, 9.17) is 9.47 Å². The summed E-state index contributed by atoms with van der Waals surface area (Å²) in [5, 5.41) is 12.9. The minimum absolute atomic E-state index is 0.00759. The quantitative estimate of drug-likeness (QED) is 0.647. The molecule has 160 valence electrons. The van der Waals surface area contributed by atoms with E-state index in [0.717, 1.165) is 16.7 Å². The third kappa shape index (κ3) is 7.76. The van der Waals surface area contributed by atoms with Crippen molar-refractivity contribution in [3.8, 4) is 11.1 Å². The number of amides is 1. The molecule has 0 aliphatic rings. The first-order valence-electron chi connectivity index (χ1n) is 10.0. The van der Waals surface area contributed by atoms with Gasteiger partial charge in [-0.1, -0.05) is 42.5 Å². The van der Waals surface area contributed by atoms with Crippen molar-refractivity contribution in [2.24, 2.45) is 0 Å². The number of benzene rings is 1. The van der Waals surface area contributed by atoms with Gasteiger partial charge in [0.1, 0.15) is 5.60 Å². The molecule has 0 saturated carbocycles. The Morgan fingerprint density at radius 2 is 1.80 bits per heavy atom. The molecule has 0 fully saturated rings. The van der Waals surface area contributed by atoms with E-state index in [9.17, 15) is 14.7 Å². The van der Waals surface area contributed by atoms with Gasteiger partial charge < -0.3 is 19.9 Å². The Balaban J connectivity index is 2.10. The summed E-state index contributed by atoms with van der Waals surface area (Å²) in [5.41, 5.74) is 2.06. The lowest BCUT2D eigenvalue weighted by molar-refractivity contribution is -0.153. The predicted octanol–water partition coefficient (Wildman–Crippen LogP) is 3.70. The van der Waals surface area contributed by atoms with Crippen molar-refractivity contribution in [3.63, 3.8) is 0 Å². The second kappa shape index (κ2) is 10.7. The third-order valence-corrected chi connectivity index (χ3v) is 4.15. The molecule has 2 N–H and O–H groups in total. The van der Waals surface area contributed by atoms with Crippen molar-refractivity contribution in [2.45, 2.75) is 58.3 Å². The molecule has 30 heavy (non-hydrogen) atoms. The molecule has 0 radical (unpaired) electrons. The van der Waals surface area contributed by atoms with Gasteiger partial charge in [-0.15, -0.1) is 0 Å². The van der Waals surface area contributed by atoms with Gasteiger partial charge in [-0.25, -0.2) is 9.59 Å². The summed E-state index contributed by atoms with van der Waals surface area (Å²) in [6, 6.07) is 19.3. The minimum atomic E-state index is -1.35. The number of carbonyl (C=O) groups excluding carboxylic acids is 2. The van der Waals surface area contributed by atoms with Gasteiger partial charge in [-0.05, 0) is 45.4 Å². The van der Waals surface area contributed by atoms with E-state index in [1.165, 1.54) is 0 Å². The first kappa shape index (κ1) is 23.2. The standard InChI is InChI=1S/C24H29NO5/c1-5-29-22(27)21(26)16-20(25-23(28)30-24(2,3)4)15-17-11-13-19(14-12-17)18-9-7-6-8-10-18/h6-11,13,20-21,26H,5,15-16H2,1-4H3,(H,25,28)/t20-,21-/m1/s1. The van der Waals surface area contributed by atoms with Crippen LogP contribution in [0.4, 0.5) is 4.79 Å². The molecule has 0 heterocycles. The van der Waals surface area contributed by atoms with Crippen LogP contribution in [0.3, 0.4) is 0 Å². The summed E-state index contributed by atoms with van der Waals surface area (Å²) in [7, 11) is 0. The van der Waals surface area contributed by atoms with E-state index < -0.39 is 29.8 Å². The minimum Gasteiger partial charge on any atom is -0.464 e. The van der Waals surface area contributed by atoms with Crippen LogP contribution in [0.15, 0.2) is 42.5 Å². The molecule has 0 spiro atoms.